The van der Waals surface area contributed by atoms with Crippen molar-refractivity contribution in [2.45, 2.75) is 81.4 Å². The number of hydrogen-bond donors (Lipinski definition) is 0. The van der Waals surface area contributed by atoms with Crippen molar-refractivity contribution in [3.05, 3.63) is 47.4 Å². The predicted octanol–water partition coefficient (Wildman–Crippen LogP) is 3.71. The summed E-state index contributed by atoms with van der Waals surface area (Å²) < 4.78 is 17.5. The van der Waals surface area contributed by atoms with Gasteiger partial charge in [0.1, 0.15) is 11.2 Å². The number of carbonyl (C=O) groups is 2. The molecule has 1 amide bonds. The Morgan fingerprint density at radius 3 is 2.74 bits per heavy atom. The van der Waals surface area contributed by atoms with Gasteiger partial charge in [-0.05, 0) is 52.2 Å². The first kappa shape index (κ1) is 22.7. The third-order valence-corrected chi connectivity index (χ3v) is 7.88. The quantitative estimate of drug-likeness (QED) is 0.352. The molecule has 3 fully saturated rings. The zero-order chi connectivity index (χ0) is 24.7. The molecule has 1 saturated carbocycles. The number of amides is 1. The van der Waals surface area contributed by atoms with E-state index < -0.39 is 34.4 Å². The molecule has 5 rings (SSSR count). The third-order valence-electron chi connectivity index (χ3n) is 7.88. The average Bonchev–Trinajstić information content (AvgIpc) is 3.38. The molecular formula is C26H29N3O5. The molecule has 3 unspecified atom stereocenters. The van der Waals surface area contributed by atoms with Crippen LogP contribution in [0.5, 0.6) is 0 Å². The highest BCUT2D eigenvalue weighted by Crippen LogP contribution is 2.66. The van der Waals surface area contributed by atoms with Crippen molar-refractivity contribution in [3.8, 4) is 6.07 Å². The summed E-state index contributed by atoms with van der Waals surface area (Å²) in [6.07, 6.45) is 6.51. The van der Waals surface area contributed by atoms with Gasteiger partial charge in [-0.25, -0.2) is 16.2 Å². The molecule has 0 radical (unpaired) electrons. The summed E-state index contributed by atoms with van der Waals surface area (Å²) in [4.78, 5) is 31.9. The number of carbonyl (C=O) groups excluding carboxylic acids is 2. The van der Waals surface area contributed by atoms with Gasteiger partial charge < -0.3 is 14.2 Å². The van der Waals surface area contributed by atoms with Crippen molar-refractivity contribution in [2.75, 3.05) is 6.61 Å². The average molecular weight is 464 g/mol. The van der Waals surface area contributed by atoms with E-state index in [0.29, 0.717) is 12.0 Å². The Bertz CT molecular complexity index is 1120. The Kier molecular flexibility index (Phi) is 4.64. The van der Waals surface area contributed by atoms with Crippen LogP contribution in [0, 0.1) is 29.7 Å². The van der Waals surface area contributed by atoms with Gasteiger partial charge in [0, 0.05) is 23.5 Å². The molecule has 178 valence electrons. The first-order valence-electron chi connectivity index (χ1n) is 11.8. The first-order chi connectivity index (χ1) is 16.0. The molecule has 1 aliphatic carbocycles. The van der Waals surface area contributed by atoms with Crippen molar-refractivity contribution in [3.63, 3.8) is 0 Å². The normalized spacial score (nSPS) is 41.2. The van der Waals surface area contributed by atoms with E-state index in [1.54, 1.807) is 17.9 Å². The Balaban J connectivity index is 1.64. The van der Waals surface area contributed by atoms with Gasteiger partial charge in [-0.3, -0.25) is 9.74 Å². The summed E-state index contributed by atoms with van der Waals surface area (Å²) >= 11 is 0. The molecule has 0 aromatic rings. The number of hydrogen-bond acceptors (Lipinski definition) is 6. The Morgan fingerprint density at radius 2 is 2.12 bits per heavy atom. The zero-order valence-corrected chi connectivity index (χ0v) is 20.0. The molecule has 8 heteroatoms. The van der Waals surface area contributed by atoms with Gasteiger partial charge in [0.05, 0.1) is 19.1 Å². The minimum Gasteiger partial charge on any atom is -0.463 e. The molecule has 1 spiro atoms. The van der Waals surface area contributed by atoms with Crippen LogP contribution in [0.4, 0.5) is 4.79 Å². The standard InChI is InChI=1S/C26H29N3O5/c1-7-32-21(30)26-11-10-25(34-26)13-24(14-27,28-6)17-12-16-8-9-18(19(17)20(25)15(26)2)29(16)22(31)33-23(3,4)5/h10-12,16,18-20H,2,7-9,13H2,1,3-5H3/t16-,18-,19+,20-,24?,25?,26?/m0/s1. The van der Waals surface area contributed by atoms with E-state index in [0.717, 1.165) is 12.0 Å². The van der Waals surface area contributed by atoms with Crippen LogP contribution in [0.1, 0.15) is 47.0 Å². The number of esters is 1. The highest BCUT2D eigenvalue weighted by molar-refractivity contribution is 5.89. The summed E-state index contributed by atoms with van der Waals surface area (Å²) in [5, 5.41) is 10.3. The molecule has 8 nitrogen and oxygen atoms in total. The molecule has 0 N–H and O–H groups in total. The number of nitrogens with zero attached hydrogens (tertiary/aromatic N) is 3. The maximum absolute atomic E-state index is 13.2. The Hall–Kier alpha value is -3.10. The minimum atomic E-state index is -1.44. The van der Waals surface area contributed by atoms with Crippen LogP contribution in [-0.2, 0) is 19.0 Å². The van der Waals surface area contributed by atoms with Crippen LogP contribution >= 0.6 is 0 Å². The molecule has 7 atom stereocenters. The minimum absolute atomic E-state index is 0.107. The van der Waals surface area contributed by atoms with E-state index in [9.17, 15) is 14.9 Å². The highest BCUT2D eigenvalue weighted by Gasteiger charge is 2.75. The molecule has 4 bridgehead atoms. The predicted molar refractivity (Wildman–Crippen MR) is 121 cm³/mol. The van der Waals surface area contributed by atoms with E-state index in [1.165, 1.54) is 0 Å². The van der Waals surface area contributed by atoms with Gasteiger partial charge >= 0.3 is 17.6 Å². The first-order valence-corrected chi connectivity index (χ1v) is 11.8. The van der Waals surface area contributed by atoms with E-state index >= 15 is 0 Å². The smallest absolute Gasteiger partial charge is 0.411 e. The maximum atomic E-state index is 13.2. The van der Waals surface area contributed by atoms with Crippen LogP contribution < -0.4 is 0 Å². The van der Waals surface area contributed by atoms with Gasteiger partial charge in [0.25, 0.3) is 0 Å². The second-order valence-electron chi connectivity index (χ2n) is 10.9. The van der Waals surface area contributed by atoms with Crippen LogP contribution in [-0.4, -0.2) is 58.0 Å². The summed E-state index contributed by atoms with van der Waals surface area (Å²) in [6.45, 7) is 19.7. The van der Waals surface area contributed by atoms with Gasteiger partial charge in [0.2, 0.25) is 5.60 Å². The van der Waals surface area contributed by atoms with Crippen LogP contribution in [0.2, 0.25) is 0 Å². The monoisotopic (exact) mass is 463 g/mol. The Morgan fingerprint density at radius 1 is 1.38 bits per heavy atom. The number of fused-ring (bicyclic) bond motifs is 6. The lowest BCUT2D eigenvalue weighted by Gasteiger charge is -2.51. The van der Waals surface area contributed by atoms with Crippen molar-refractivity contribution >= 4 is 12.1 Å². The molecule has 2 saturated heterocycles. The fraction of sp³-hybridized carbons (Fsp3) is 0.615. The molecule has 4 aliphatic heterocycles. The Labute approximate surface area is 199 Å². The zero-order valence-electron chi connectivity index (χ0n) is 20.0. The van der Waals surface area contributed by atoms with Gasteiger partial charge in [-0.1, -0.05) is 18.7 Å². The lowest BCUT2D eigenvalue weighted by Crippen LogP contribution is -2.61. The topological polar surface area (TPSA) is 93.2 Å². The van der Waals surface area contributed by atoms with E-state index in [-0.39, 0.29) is 36.9 Å². The summed E-state index contributed by atoms with van der Waals surface area (Å²) in [7, 11) is 0. The maximum Gasteiger partial charge on any atom is 0.411 e. The lowest BCUT2D eigenvalue weighted by atomic mass is 9.54. The van der Waals surface area contributed by atoms with Crippen molar-refractivity contribution in [1.82, 2.24) is 4.90 Å². The summed E-state index contributed by atoms with van der Waals surface area (Å²) in [6, 6.07) is 1.75. The van der Waals surface area contributed by atoms with Crippen molar-refractivity contribution < 1.29 is 23.8 Å². The van der Waals surface area contributed by atoms with Crippen LogP contribution in [0.3, 0.4) is 0 Å². The van der Waals surface area contributed by atoms with E-state index in [1.807, 2.05) is 32.9 Å². The summed E-state index contributed by atoms with van der Waals surface area (Å²) in [5.41, 5.74) is -3.29. The summed E-state index contributed by atoms with van der Waals surface area (Å²) in [5.74, 6) is -1.30. The molecule has 0 aromatic carbocycles. The number of nitriles is 1. The van der Waals surface area contributed by atoms with Gasteiger partial charge in [0.15, 0.2) is 6.07 Å². The fourth-order valence-electron chi connectivity index (χ4n) is 6.74. The van der Waals surface area contributed by atoms with E-state index in [4.69, 9.17) is 20.8 Å². The van der Waals surface area contributed by atoms with Gasteiger partial charge in [-0.2, -0.15) is 5.26 Å². The van der Waals surface area contributed by atoms with Crippen molar-refractivity contribution in [2.24, 2.45) is 11.8 Å². The van der Waals surface area contributed by atoms with Crippen LogP contribution in [0.25, 0.3) is 4.85 Å². The molecular weight excluding hydrogens is 434 g/mol. The SMILES string of the molecule is [C-]#[N+]C1(C#N)CC23C=CC(C(=O)OCC)(O2)C(=C)[C@H]3[C@@H]2C1=C[C@@H]1CC[C@@H]2N1C(=O)OC(C)(C)C. The fourth-order valence-corrected chi connectivity index (χ4v) is 6.74. The number of ether oxygens (including phenoxy) is 3. The largest absolute Gasteiger partial charge is 0.463 e. The highest BCUT2D eigenvalue weighted by atomic mass is 16.6. The van der Waals surface area contributed by atoms with Crippen molar-refractivity contribution in [1.29, 1.82) is 5.26 Å². The molecule has 0 aromatic heterocycles. The lowest BCUT2D eigenvalue weighted by molar-refractivity contribution is -0.165. The third kappa shape index (κ3) is 2.72. The molecule has 5 aliphatic rings. The number of rotatable bonds is 2. The molecule has 34 heavy (non-hydrogen) atoms. The second kappa shape index (κ2) is 6.96. The second-order valence-corrected chi connectivity index (χ2v) is 10.9. The van der Waals surface area contributed by atoms with Crippen LogP contribution in [0.15, 0.2) is 36.0 Å². The molecule has 4 heterocycles. The van der Waals surface area contributed by atoms with Gasteiger partial charge in [-0.15, -0.1) is 0 Å². The van der Waals surface area contributed by atoms with E-state index in [2.05, 4.69) is 17.5 Å².